The number of likely N-dealkylation sites (tertiary alicyclic amines) is 1. The van der Waals surface area contributed by atoms with Gasteiger partial charge in [0.15, 0.2) is 0 Å². The fourth-order valence-electron chi connectivity index (χ4n) is 2.87. The molecule has 4 heteroatoms. The Morgan fingerprint density at radius 1 is 1.25 bits per heavy atom. The molecular weight excluding hydrogens is 277 g/mol. The van der Waals surface area contributed by atoms with Crippen molar-refractivity contribution in [3.63, 3.8) is 0 Å². The molecule has 0 aromatic heterocycles. The summed E-state index contributed by atoms with van der Waals surface area (Å²) >= 11 is 5.92. The Hall–Kier alpha value is -1.61. The van der Waals surface area contributed by atoms with Gasteiger partial charge in [-0.25, -0.2) is 4.39 Å². The fraction of sp³-hybridized carbons (Fsp3) is 0.312. The van der Waals surface area contributed by atoms with Crippen LogP contribution in [0.2, 0.25) is 0 Å². The molecule has 2 nitrogen and oxygen atoms in total. The molecule has 0 bridgehead atoms. The Balaban J connectivity index is 2.06. The first-order valence-corrected chi connectivity index (χ1v) is 7.30. The van der Waals surface area contributed by atoms with Gasteiger partial charge in [0.25, 0.3) is 5.91 Å². The Bertz CT molecular complexity index is 658. The highest BCUT2D eigenvalue weighted by molar-refractivity contribution is 6.18. The van der Waals surface area contributed by atoms with Crippen LogP contribution in [-0.4, -0.2) is 29.3 Å². The van der Waals surface area contributed by atoms with Crippen LogP contribution in [0.1, 0.15) is 23.2 Å². The lowest BCUT2D eigenvalue weighted by Gasteiger charge is -2.23. The van der Waals surface area contributed by atoms with E-state index in [0.29, 0.717) is 22.2 Å². The minimum absolute atomic E-state index is 0.0515. The first kappa shape index (κ1) is 13.4. The molecule has 20 heavy (non-hydrogen) atoms. The summed E-state index contributed by atoms with van der Waals surface area (Å²) in [6, 6.07) is 10.1. The monoisotopic (exact) mass is 291 g/mol. The summed E-state index contributed by atoms with van der Waals surface area (Å²) < 4.78 is 13.8. The number of alkyl halides is 1. The average Bonchev–Trinajstić information content (AvgIpc) is 2.96. The van der Waals surface area contributed by atoms with Crippen molar-refractivity contribution in [2.75, 3.05) is 12.4 Å². The molecule has 0 spiro atoms. The number of nitrogens with zero attached hydrogens (tertiary/aromatic N) is 1. The molecule has 104 valence electrons. The van der Waals surface area contributed by atoms with Gasteiger partial charge in [-0.2, -0.15) is 0 Å². The van der Waals surface area contributed by atoms with Crippen LogP contribution in [0.25, 0.3) is 10.8 Å². The maximum Gasteiger partial charge on any atom is 0.254 e. The molecule has 0 aliphatic carbocycles. The van der Waals surface area contributed by atoms with Gasteiger partial charge in [0, 0.05) is 29.4 Å². The predicted octanol–water partition coefficient (Wildman–Crippen LogP) is 3.82. The molecule has 0 radical (unpaired) electrons. The van der Waals surface area contributed by atoms with Gasteiger partial charge in [-0.1, -0.05) is 24.3 Å². The Morgan fingerprint density at radius 2 is 2.00 bits per heavy atom. The van der Waals surface area contributed by atoms with Gasteiger partial charge in [-0.3, -0.25) is 4.79 Å². The molecule has 3 rings (SSSR count). The SMILES string of the molecule is O=C(c1ccc(F)c2ccccc12)N1CCCC1CCl. The second-order valence-corrected chi connectivity index (χ2v) is 5.40. The number of amides is 1. The van der Waals surface area contributed by atoms with Crippen molar-refractivity contribution in [1.82, 2.24) is 4.90 Å². The normalized spacial score (nSPS) is 18.7. The van der Waals surface area contributed by atoms with Crippen molar-refractivity contribution in [3.8, 4) is 0 Å². The highest BCUT2D eigenvalue weighted by Crippen LogP contribution is 2.26. The minimum atomic E-state index is -0.299. The molecule has 2 aromatic rings. The van der Waals surface area contributed by atoms with E-state index in [0.717, 1.165) is 19.4 Å². The zero-order valence-electron chi connectivity index (χ0n) is 11.0. The molecule has 1 saturated heterocycles. The van der Waals surface area contributed by atoms with Crippen molar-refractivity contribution >= 4 is 28.3 Å². The van der Waals surface area contributed by atoms with Crippen molar-refractivity contribution in [2.24, 2.45) is 0 Å². The van der Waals surface area contributed by atoms with Crippen LogP contribution in [0.4, 0.5) is 4.39 Å². The van der Waals surface area contributed by atoms with E-state index in [1.165, 1.54) is 6.07 Å². The number of hydrogen-bond donors (Lipinski definition) is 0. The number of carbonyl (C=O) groups is 1. The Labute approximate surface area is 122 Å². The minimum Gasteiger partial charge on any atom is -0.334 e. The number of fused-ring (bicyclic) bond motifs is 1. The Kier molecular flexibility index (Phi) is 3.62. The molecule has 1 aliphatic heterocycles. The number of carbonyl (C=O) groups excluding carboxylic acids is 1. The molecule has 1 aliphatic rings. The molecule has 1 amide bonds. The fourth-order valence-corrected chi connectivity index (χ4v) is 3.19. The summed E-state index contributed by atoms with van der Waals surface area (Å²) in [5, 5.41) is 1.15. The summed E-state index contributed by atoms with van der Waals surface area (Å²) in [6.45, 7) is 0.724. The second-order valence-electron chi connectivity index (χ2n) is 5.09. The van der Waals surface area contributed by atoms with E-state index in [-0.39, 0.29) is 17.8 Å². The van der Waals surface area contributed by atoms with Crippen LogP contribution in [0.3, 0.4) is 0 Å². The standard InChI is InChI=1S/C16H15ClFNO/c17-10-11-4-3-9-19(11)16(20)14-7-8-15(18)13-6-2-1-5-12(13)14/h1-2,5-8,11H,3-4,9-10H2. The molecule has 0 N–H and O–H groups in total. The van der Waals surface area contributed by atoms with Crippen molar-refractivity contribution < 1.29 is 9.18 Å². The first-order valence-electron chi connectivity index (χ1n) is 6.76. The highest BCUT2D eigenvalue weighted by atomic mass is 35.5. The van der Waals surface area contributed by atoms with E-state index in [4.69, 9.17) is 11.6 Å². The molecule has 1 unspecified atom stereocenters. The summed E-state index contributed by atoms with van der Waals surface area (Å²) in [6.07, 6.45) is 1.91. The van der Waals surface area contributed by atoms with E-state index < -0.39 is 0 Å². The quantitative estimate of drug-likeness (QED) is 0.770. The lowest BCUT2D eigenvalue weighted by atomic mass is 10.0. The molecule has 2 aromatic carbocycles. The van der Waals surface area contributed by atoms with Gasteiger partial charge in [0.05, 0.1) is 0 Å². The molecule has 1 heterocycles. The van der Waals surface area contributed by atoms with Gasteiger partial charge in [-0.05, 0) is 30.4 Å². The highest BCUT2D eigenvalue weighted by Gasteiger charge is 2.29. The Morgan fingerprint density at radius 3 is 2.75 bits per heavy atom. The number of rotatable bonds is 2. The third-order valence-corrected chi connectivity index (χ3v) is 4.27. The zero-order valence-corrected chi connectivity index (χ0v) is 11.7. The van der Waals surface area contributed by atoms with Crippen molar-refractivity contribution in [1.29, 1.82) is 0 Å². The largest absolute Gasteiger partial charge is 0.334 e. The predicted molar refractivity (Wildman–Crippen MR) is 78.7 cm³/mol. The molecule has 1 atom stereocenters. The summed E-state index contributed by atoms with van der Waals surface area (Å²) in [5.41, 5.74) is 0.555. The van der Waals surface area contributed by atoms with Gasteiger partial charge >= 0.3 is 0 Å². The van der Waals surface area contributed by atoms with Crippen molar-refractivity contribution in [3.05, 3.63) is 47.8 Å². The smallest absolute Gasteiger partial charge is 0.254 e. The van der Waals surface area contributed by atoms with E-state index in [9.17, 15) is 9.18 Å². The zero-order chi connectivity index (χ0) is 14.1. The van der Waals surface area contributed by atoms with Gasteiger partial charge in [0.1, 0.15) is 5.82 Å². The summed E-state index contributed by atoms with van der Waals surface area (Å²) in [4.78, 5) is 14.5. The van der Waals surface area contributed by atoms with E-state index in [1.54, 1.807) is 24.3 Å². The topological polar surface area (TPSA) is 20.3 Å². The number of halogens is 2. The summed E-state index contributed by atoms with van der Waals surface area (Å²) in [5.74, 6) is 0.0991. The van der Waals surface area contributed by atoms with E-state index in [1.807, 2.05) is 11.0 Å². The average molecular weight is 292 g/mol. The maximum atomic E-state index is 13.8. The van der Waals surface area contributed by atoms with Crippen LogP contribution in [0, 0.1) is 5.82 Å². The van der Waals surface area contributed by atoms with Crippen LogP contribution in [0.5, 0.6) is 0 Å². The molecule has 1 fully saturated rings. The van der Waals surface area contributed by atoms with Gasteiger partial charge < -0.3 is 4.90 Å². The second kappa shape index (κ2) is 5.41. The molecular formula is C16H15ClFNO. The number of benzene rings is 2. The van der Waals surface area contributed by atoms with E-state index in [2.05, 4.69) is 0 Å². The van der Waals surface area contributed by atoms with Crippen LogP contribution < -0.4 is 0 Å². The van der Waals surface area contributed by atoms with Gasteiger partial charge in [0.2, 0.25) is 0 Å². The van der Waals surface area contributed by atoms with E-state index >= 15 is 0 Å². The third-order valence-electron chi connectivity index (χ3n) is 3.92. The first-order chi connectivity index (χ1) is 9.72. The van der Waals surface area contributed by atoms with Crippen molar-refractivity contribution in [2.45, 2.75) is 18.9 Å². The van der Waals surface area contributed by atoms with Gasteiger partial charge in [-0.15, -0.1) is 11.6 Å². The lowest BCUT2D eigenvalue weighted by Crippen LogP contribution is -2.36. The maximum absolute atomic E-state index is 13.8. The number of hydrogen-bond acceptors (Lipinski definition) is 1. The molecule has 0 saturated carbocycles. The van der Waals surface area contributed by atoms with Crippen LogP contribution in [0.15, 0.2) is 36.4 Å². The van der Waals surface area contributed by atoms with Crippen LogP contribution >= 0.6 is 11.6 Å². The third kappa shape index (κ3) is 2.16. The van der Waals surface area contributed by atoms with Crippen LogP contribution in [-0.2, 0) is 0 Å². The lowest BCUT2D eigenvalue weighted by molar-refractivity contribution is 0.0751. The summed E-state index contributed by atoms with van der Waals surface area (Å²) in [7, 11) is 0.